The number of hydrogen-bond donors (Lipinski definition) is 1. The van der Waals surface area contributed by atoms with Crippen LogP contribution in [0.25, 0.3) is 16.5 Å². The van der Waals surface area contributed by atoms with Crippen molar-refractivity contribution in [1.29, 1.82) is 0 Å². The number of H-pyrrole nitrogens is 1. The molecule has 2 aliphatic rings. The summed E-state index contributed by atoms with van der Waals surface area (Å²) in [6.07, 6.45) is 20.4. The zero-order chi connectivity index (χ0) is 23.8. The van der Waals surface area contributed by atoms with Crippen LogP contribution in [-0.2, 0) is 16.0 Å². The van der Waals surface area contributed by atoms with Crippen molar-refractivity contribution in [3.8, 4) is 0 Å². The van der Waals surface area contributed by atoms with Gasteiger partial charge in [-0.05, 0) is 42.7 Å². The van der Waals surface area contributed by atoms with Crippen LogP contribution in [-0.4, -0.2) is 42.1 Å². The number of esters is 1. The molecule has 34 heavy (non-hydrogen) atoms. The van der Waals surface area contributed by atoms with Crippen LogP contribution in [0.4, 0.5) is 0 Å². The van der Waals surface area contributed by atoms with E-state index in [0.717, 1.165) is 25.8 Å². The van der Waals surface area contributed by atoms with Crippen molar-refractivity contribution < 1.29 is 9.53 Å². The van der Waals surface area contributed by atoms with Crippen molar-refractivity contribution in [3.63, 3.8) is 0 Å². The molecular weight excluding hydrogens is 420 g/mol. The molecule has 4 rings (SSSR count). The van der Waals surface area contributed by atoms with Gasteiger partial charge in [-0.25, -0.2) is 0 Å². The Morgan fingerprint density at radius 2 is 1.74 bits per heavy atom. The molecule has 0 bridgehead atoms. The topological polar surface area (TPSA) is 45.3 Å². The van der Waals surface area contributed by atoms with E-state index in [2.05, 4.69) is 54.3 Å². The molecule has 2 aromatic rings. The van der Waals surface area contributed by atoms with Crippen LogP contribution in [0.3, 0.4) is 0 Å². The lowest BCUT2D eigenvalue weighted by molar-refractivity contribution is -0.144. The maximum Gasteiger partial charge on any atom is 0.305 e. The van der Waals surface area contributed by atoms with Crippen molar-refractivity contribution >= 4 is 22.4 Å². The van der Waals surface area contributed by atoms with Gasteiger partial charge in [0.25, 0.3) is 0 Å². The highest BCUT2D eigenvalue weighted by Gasteiger charge is 2.33. The van der Waals surface area contributed by atoms with E-state index in [1.807, 2.05) is 0 Å². The Balaban J connectivity index is 1.16. The van der Waals surface area contributed by atoms with Crippen LogP contribution >= 0.6 is 0 Å². The molecule has 4 nitrogen and oxygen atoms in total. The average Bonchev–Trinajstić information content (AvgIpc) is 3.26. The number of carbonyl (C=O) groups is 1. The summed E-state index contributed by atoms with van der Waals surface area (Å²) in [5, 5.41) is 1.37. The molecule has 0 unspecified atom stereocenters. The molecule has 186 valence electrons. The van der Waals surface area contributed by atoms with Gasteiger partial charge < -0.3 is 9.72 Å². The predicted octanol–water partition coefficient (Wildman–Crippen LogP) is 7.28. The molecule has 1 aliphatic heterocycles. The number of nitrogens with zero attached hydrogens (tertiary/aromatic N) is 1. The summed E-state index contributed by atoms with van der Waals surface area (Å²) in [5.41, 5.74) is 5.37. The minimum atomic E-state index is -0.0298. The van der Waals surface area contributed by atoms with Gasteiger partial charge in [0, 0.05) is 42.0 Å². The molecule has 2 atom stereocenters. The van der Waals surface area contributed by atoms with Gasteiger partial charge in [0.05, 0.1) is 6.61 Å². The van der Waals surface area contributed by atoms with Gasteiger partial charge in [0.1, 0.15) is 0 Å². The van der Waals surface area contributed by atoms with Gasteiger partial charge in [-0.15, -0.1) is 0 Å². The molecule has 1 aromatic heterocycles. The van der Waals surface area contributed by atoms with E-state index >= 15 is 0 Å². The lowest BCUT2D eigenvalue weighted by Gasteiger charge is -2.39. The third kappa shape index (κ3) is 6.33. The number of likely N-dealkylation sites (N-methyl/N-ethyl adjacent to an activating group) is 1. The van der Waals surface area contributed by atoms with Crippen molar-refractivity contribution in [2.24, 2.45) is 5.92 Å². The van der Waals surface area contributed by atoms with Crippen molar-refractivity contribution in [1.82, 2.24) is 9.88 Å². The SMILES string of the molecule is CCCCCCCCCCCCCC(=O)OC[C@@H]1C=C2c3cccc4[nH]cc(c34)C[C@H]2N(C)C1. The summed E-state index contributed by atoms with van der Waals surface area (Å²) in [7, 11) is 2.20. The second kappa shape index (κ2) is 12.6. The molecule has 0 radical (unpaired) electrons. The molecular formula is C30H44N2O2. The first-order valence-corrected chi connectivity index (χ1v) is 13.8. The highest BCUT2D eigenvalue weighted by molar-refractivity contribution is 5.98. The highest BCUT2D eigenvalue weighted by Crippen LogP contribution is 2.40. The van der Waals surface area contributed by atoms with Crippen LogP contribution in [0, 0.1) is 5.92 Å². The van der Waals surface area contributed by atoms with E-state index in [1.54, 1.807) is 0 Å². The third-order valence-corrected chi connectivity index (χ3v) is 7.78. The normalized spacial score (nSPS) is 19.8. The first kappa shape index (κ1) is 25.0. The van der Waals surface area contributed by atoms with Crippen molar-refractivity contribution in [3.05, 3.63) is 41.6 Å². The van der Waals surface area contributed by atoms with E-state index in [-0.39, 0.29) is 11.9 Å². The van der Waals surface area contributed by atoms with Gasteiger partial charge in [0.15, 0.2) is 0 Å². The minimum absolute atomic E-state index is 0.0298. The van der Waals surface area contributed by atoms with E-state index in [1.165, 1.54) is 85.4 Å². The fraction of sp³-hybridized carbons (Fsp3) is 0.633. The fourth-order valence-corrected chi connectivity index (χ4v) is 5.86. The number of hydrogen-bond acceptors (Lipinski definition) is 3. The second-order valence-corrected chi connectivity index (χ2v) is 10.6. The van der Waals surface area contributed by atoms with E-state index in [9.17, 15) is 4.79 Å². The summed E-state index contributed by atoms with van der Waals surface area (Å²) >= 11 is 0. The first-order chi connectivity index (χ1) is 16.7. The maximum atomic E-state index is 12.3. The van der Waals surface area contributed by atoms with Gasteiger partial charge in [-0.1, -0.05) is 89.3 Å². The molecule has 1 N–H and O–H groups in total. The number of nitrogens with one attached hydrogen (secondary N) is 1. The van der Waals surface area contributed by atoms with Crippen molar-refractivity contribution in [2.45, 2.75) is 96.4 Å². The van der Waals surface area contributed by atoms with Crippen LogP contribution in [0.1, 0.15) is 95.1 Å². The number of aromatic amines is 1. The predicted molar refractivity (Wildman–Crippen MR) is 142 cm³/mol. The van der Waals surface area contributed by atoms with Crippen molar-refractivity contribution in [2.75, 3.05) is 20.2 Å². The lowest BCUT2D eigenvalue weighted by Crippen LogP contribution is -2.43. The third-order valence-electron chi connectivity index (χ3n) is 7.78. The quantitative estimate of drug-likeness (QED) is 0.236. The van der Waals surface area contributed by atoms with Crippen LogP contribution in [0.5, 0.6) is 0 Å². The largest absolute Gasteiger partial charge is 0.465 e. The molecule has 0 fully saturated rings. The van der Waals surface area contributed by atoms with Gasteiger partial charge >= 0.3 is 5.97 Å². The van der Waals surface area contributed by atoms with Crippen LogP contribution < -0.4 is 0 Å². The van der Waals surface area contributed by atoms with Crippen LogP contribution in [0.15, 0.2) is 30.5 Å². The summed E-state index contributed by atoms with van der Waals surface area (Å²) in [5.74, 6) is 0.228. The van der Waals surface area contributed by atoms with Gasteiger partial charge in [-0.2, -0.15) is 0 Å². The molecule has 0 saturated heterocycles. The Hall–Kier alpha value is -2.07. The summed E-state index contributed by atoms with van der Waals surface area (Å²) in [4.78, 5) is 18.2. The number of carbonyl (C=O) groups excluding carboxylic acids is 1. The standard InChI is InChI=1S/C30H44N2O2/c1-3-4-5-6-7-8-9-10-11-12-13-17-29(33)34-22-23-18-26-25-15-14-16-27-30(25)24(20-31-27)19-28(26)32(2)21-23/h14-16,18,20,23,28,31H,3-13,17,19,21-22H2,1-2H3/t23-,28-/m1/s1. The summed E-state index contributed by atoms with van der Waals surface area (Å²) in [6.45, 7) is 3.70. The van der Waals surface area contributed by atoms with E-state index in [4.69, 9.17) is 4.74 Å². The lowest BCUT2D eigenvalue weighted by atomic mass is 9.80. The molecule has 1 aliphatic carbocycles. The Morgan fingerprint density at radius 3 is 2.47 bits per heavy atom. The molecule has 0 saturated carbocycles. The van der Waals surface area contributed by atoms with Gasteiger partial charge in [0.2, 0.25) is 0 Å². The van der Waals surface area contributed by atoms with Gasteiger partial charge in [-0.3, -0.25) is 9.69 Å². The number of benzene rings is 1. The Labute approximate surface area is 206 Å². The molecule has 2 heterocycles. The second-order valence-electron chi connectivity index (χ2n) is 10.6. The highest BCUT2D eigenvalue weighted by atomic mass is 16.5. The maximum absolute atomic E-state index is 12.3. The molecule has 1 aromatic carbocycles. The average molecular weight is 465 g/mol. The summed E-state index contributed by atoms with van der Waals surface area (Å²) < 4.78 is 5.71. The number of fused-ring (bicyclic) bond motifs is 2. The Bertz CT molecular complexity index is 960. The molecule has 0 spiro atoms. The fourth-order valence-electron chi connectivity index (χ4n) is 5.86. The molecule has 4 heteroatoms. The van der Waals surface area contributed by atoms with Crippen LogP contribution in [0.2, 0.25) is 0 Å². The number of unbranched alkanes of at least 4 members (excludes halogenated alkanes) is 10. The zero-order valence-electron chi connectivity index (χ0n) is 21.4. The summed E-state index contributed by atoms with van der Waals surface area (Å²) in [6, 6.07) is 6.95. The van der Waals surface area contributed by atoms with E-state index < -0.39 is 0 Å². The smallest absolute Gasteiger partial charge is 0.305 e. The Kier molecular flexibility index (Phi) is 9.26. The monoisotopic (exact) mass is 464 g/mol. The number of aromatic nitrogens is 1. The minimum Gasteiger partial charge on any atom is -0.465 e. The number of ether oxygens (including phenoxy) is 1. The first-order valence-electron chi connectivity index (χ1n) is 13.8. The van der Waals surface area contributed by atoms with E-state index in [0.29, 0.717) is 19.1 Å². The zero-order valence-corrected chi connectivity index (χ0v) is 21.4. The number of rotatable bonds is 14. The molecule has 0 amide bonds. The Morgan fingerprint density at radius 1 is 1.03 bits per heavy atom.